The van der Waals surface area contributed by atoms with Crippen molar-refractivity contribution in [2.45, 2.75) is 79.1 Å². The molecule has 0 saturated carbocycles. The molecule has 11 nitrogen and oxygen atoms in total. The number of phenolic OH excluding ortho intramolecular Hbond substituents is 1. The minimum Gasteiger partial charge on any atom is -0.508 e. The summed E-state index contributed by atoms with van der Waals surface area (Å²) in [5.74, 6) is 0.528. The summed E-state index contributed by atoms with van der Waals surface area (Å²) in [6, 6.07) is 12.3. The molecule has 0 amide bonds. The molecule has 0 aliphatic heterocycles. The summed E-state index contributed by atoms with van der Waals surface area (Å²) in [7, 11) is 0. The lowest BCUT2D eigenvalue weighted by Gasteiger charge is -2.20. The van der Waals surface area contributed by atoms with Crippen molar-refractivity contribution in [3.05, 3.63) is 59.7 Å². The van der Waals surface area contributed by atoms with Crippen LogP contribution >= 0.6 is 0 Å². The molecule has 0 unspecified atom stereocenters. The van der Waals surface area contributed by atoms with Gasteiger partial charge in [-0.05, 0) is 111 Å². The van der Waals surface area contributed by atoms with Gasteiger partial charge in [0.2, 0.25) is 0 Å². The van der Waals surface area contributed by atoms with Crippen LogP contribution in [0.15, 0.2) is 48.5 Å². The number of hydrogen-bond donors (Lipinski definition) is 1. The summed E-state index contributed by atoms with van der Waals surface area (Å²) >= 11 is 0. The van der Waals surface area contributed by atoms with Crippen LogP contribution < -0.4 is 4.74 Å². The van der Waals surface area contributed by atoms with Gasteiger partial charge in [0.25, 0.3) is 0 Å². The smallest absolute Gasteiger partial charge is 0.508 e. The van der Waals surface area contributed by atoms with E-state index in [1.807, 2.05) is 0 Å². The molecular weight excluding hydrogens is 524 g/mol. The van der Waals surface area contributed by atoms with Gasteiger partial charge in [-0.2, -0.15) is 0 Å². The molecule has 0 radical (unpaired) electrons. The summed E-state index contributed by atoms with van der Waals surface area (Å²) in [5, 5.41) is 8.74. The van der Waals surface area contributed by atoms with Gasteiger partial charge in [-0.3, -0.25) is 9.59 Å². The predicted molar refractivity (Wildman–Crippen MR) is 146 cm³/mol. The van der Waals surface area contributed by atoms with Crippen LogP contribution in [0.1, 0.15) is 83.0 Å². The molecule has 0 spiro atoms. The second-order valence-corrected chi connectivity index (χ2v) is 11.0. The predicted octanol–water partition coefficient (Wildman–Crippen LogP) is 6.89. The van der Waals surface area contributed by atoms with E-state index in [-0.39, 0.29) is 5.75 Å². The number of phenols is 1. The SMILES string of the molecule is CC(C)(C)OC(=O)OC(=O)OC(C)(C)C.CC(C)(C)OC(=O)Oc1ccc(C=O)cc1.O=Cc1ccc(O)cc1. The van der Waals surface area contributed by atoms with Crippen molar-refractivity contribution >= 4 is 31.0 Å². The fourth-order valence-corrected chi connectivity index (χ4v) is 2.14. The molecule has 0 fully saturated rings. The van der Waals surface area contributed by atoms with Gasteiger partial charge in [-0.25, -0.2) is 14.4 Å². The first-order chi connectivity index (χ1) is 18.2. The van der Waals surface area contributed by atoms with E-state index in [0.717, 1.165) is 12.6 Å². The largest absolute Gasteiger partial charge is 0.519 e. The molecule has 11 heteroatoms. The van der Waals surface area contributed by atoms with Crippen LogP contribution in [0, 0.1) is 0 Å². The Bertz CT molecular complexity index is 1070. The van der Waals surface area contributed by atoms with Gasteiger partial charge in [-0.15, -0.1) is 0 Å². The van der Waals surface area contributed by atoms with Gasteiger partial charge in [0, 0.05) is 11.1 Å². The number of aromatic hydroxyl groups is 1. The van der Waals surface area contributed by atoms with Crippen molar-refractivity contribution < 1.29 is 52.8 Å². The van der Waals surface area contributed by atoms with Crippen molar-refractivity contribution in [1.29, 1.82) is 0 Å². The molecule has 1 N–H and O–H groups in total. The van der Waals surface area contributed by atoms with Gasteiger partial charge in [0.05, 0.1) is 0 Å². The van der Waals surface area contributed by atoms with Crippen molar-refractivity contribution in [2.24, 2.45) is 0 Å². The van der Waals surface area contributed by atoms with E-state index in [0.29, 0.717) is 16.9 Å². The fraction of sp³-hybridized carbons (Fsp3) is 0.414. The first-order valence-electron chi connectivity index (χ1n) is 12.1. The normalized spacial score (nSPS) is 10.7. The number of aldehydes is 2. The zero-order valence-corrected chi connectivity index (χ0v) is 24.3. The number of hydrogen-bond acceptors (Lipinski definition) is 11. The van der Waals surface area contributed by atoms with Gasteiger partial charge in [0.15, 0.2) is 0 Å². The Kier molecular flexibility index (Phi) is 14.1. The van der Waals surface area contributed by atoms with Crippen LogP contribution in [-0.4, -0.2) is 52.9 Å². The average Bonchev–Trinajstić information content (AvgIpc) is 2.77. The second kappa shape index (κ2) is 15.9. The highest BCUT2D eigenvalue weighted by Crippen LogP contribution is 2.15. The van der Waals surface area contributed by atoms with Crippen LogP contribution in [0.3, 0.4) is 0 Å². The lowest BCUT2D eigenvalue weighted by molar-refractivity contribution is -0.0294. The number of carbonyl (C=O) groups excluding carboxylic acids is 5. The Morgan fingerprint density at radius 1 is 0.575 bits per heavy atom. The van der Waals surface area contributed by atoms with E-state index < -0.39 is 35.3 Å². The molecular formula is C29H38O11. The second-order valence-electron chi connectivity index (χ2n) is 11.0. The highest BCUT2D eigenvalue weighted by Gasteiger charge is 2.24. The van der Waals surface area contributed by atoms with Crippen molar-refractivity contribution in [3.63, 3.8) is 0 Å². The monoisotopic (exact) mass is 562 g/mol. The molecule has 2 rings (SSSR count). The molecule has 2 aromatic rings. The highest BCUT2D eigenvalue weighted by molar-refractivity contribution is 5.77. The van der Waals surface area contributed by atoms with E-state index in [9.17, 15) is 24.0 Å². The van der Waals surface area contributed by atoms with Crippen LogP contribution in [-0.2, 0) is 18.9 Å². The third-order valence-corrected chi connectivity index (χ3v) is 3.58. The van der Waals surface area contributed by atoms with Gasteiger partial charge in [-0.1, -0.05) is 0 Å². The average molecular weight is 563 g/mol. The summed E-state index contributed by atoms with van der Waals surface area (Å²) < 4.78 is 23.7. The fourth-order valence-electron chi connectivity index (χ4n) is 2.14. The van der Waals surface area contributed by atoms with Crippen LogP contribution in [0.25, 0.3) is 0 Å². The molecule has 0 heterocycles. The first-order valence-corrected chi connectivity index (χ1v) is 12.1. The Morgan fingerprint density at radius 2 is 0.900 bits per heavy atom. The number of benzene rings is 2. The third kappa shape index (κ3) is 19.7. The Balaban J connectivity index is 0.000000592. The van der Waals surface area contributed by atoms with Gasteiger partial charge in [0.1, 0.15) is 40.9 Å². The minimum absolute atomic E-state index is 0.181. The standard InChI is InChI=1S/C12H14O4.C10H18O5.C7H6O2/c1-12(2,3)16-11(14)15-10-6-4-9(8-13)5-7-10;1-9(2,3)14-7(11)13-8(12)15-10(4,5)6;8-5-6-1-3-7(9)4-2-6/h4-8H,1-3H3;1-6H3;1-5,9H. The summed E-state index contributed by atoms with van der Waals surface area (Å²) in [4.78, 5) is 53.7. The molecule has 40 heavy (non-hydrogen) atoms. The van der Waals surface area contributed by atoms with E-state index in [2.05, 4.69) is 4.74 Å². The number of rotatable bonds is 3. The molecule has 0 saturated heterocycles. The molecule has 220 valence electrons. The quantitative estimate of drug-likeness (QED) is 0.137. The highest BCUT2D eigenvalue weighted by atomic mass is 16.8. The maximum atomic E-state index is 11.3. The lowest BCUT2D eigenvalue weighted by Crippen LogP contribution is -2.29. The van der Waals surface area contributed by atoms with E-state index >= 15 is 0 Å². The molecule has 2 aromatic carbocycles. The Labute approximate surface area is 234 Å². The van der Waals surface area contributed by atoms with Crippen molar-refractivity contribution in [2.75, 3.05) is 0 Å². The molecule has 0 aromatic heterocycles. The summed E-state index contributed by atoms with van der Waals surface area (Å²) in [6.07, 6.45) is -1.42. The van der Waals surface area contributed by atoms with Crippen LogP contribution in [0.5, 0.6) is 11.5 Å². The molecule has 0 aliphatic carbocycles. The molecule has 0 atom stereocenters. The summed E-state index contributed by atoms with van der Waals surface area (Å²) in [5.41, 5.74) is -0.873. The zero-order valence-electron chi connectivity index (χ0n) is 24.3. The molecule has 0 bridgehead atoms. The van der Waals surface area contributed by atoms with Crippen molar-refractivity contribution in [1.82, 2.24) is 0 Å². The maximum absolute atomic E-state index is 11.3. The van der Waals surface area contributed by atoms with Crippen LogP contribution in [0.4, 0.5) is 14.4 Å². The van der Waals surface area contributed by atoms with E-state index in [4.69, 9.17) is 24.1 Å². The van der Waals surface area contributed by atoms with E-state index in [1.165, 1.54) is 24.3 Å². The minimum atomic E-state index is -1.06. The van der Waals surface area contributed by atoms with Gasteiger partial charge < -0.3 is 28.8 Å². The first kappa shape index (κ1) is 35.6. The lowest BCUT2D eigenvalue weighted by atomic mass is 10.2. The number of carbonyl (C=O) groups is 5. The summed E-state index contributed by atoms with van der Waals surface area (Å²) in [6.45, 7) is 15.3. The van der Waals surface area contributed by atoms with Crippen molar-refractivity contribution in [3.8, 4) is 11.5 Å². The topological polar surface area (TPSA) is 152 Å². The number of ether oxygens (including phenoxy) is 5. The zero-order chi connectivity index (χ0) is 31.1. The van der Waals surface area contributed by atoms with E-state index in [1.54, 1.807) is 86.6 Å². The molecule has 0 aliphatic rings. The maximum Gasteiger partial charge on any atom is 0.519 e. The van der Waals surface area contributed by atoms with Gasteiger partial charge >= 0.3 is 18.5 Å². The van der Waals surface area contributed by atoms with Crippen LogP contribution in [0.2, 0.25) is 0 Å². The third-order valence-electron chi connectivity index (χ3n) is 3.58. The Morgan fingerprint density at radius 3 is 1.23 bits per heavy atom. The Hall–Kier alpha value is -4.41.